The van der Waals surface area contributed by atoms with Crippen molar-refractivity contribution in [2.24, 2.45) is 0 Å². The molecule has 4 nitrogen and oxygen atoms in total. The third-order valence-electron chi connectivity index (χ3n) is 2.85. The monoisotopic (exact) mass is 273 g/mol. The highest BCUT2D eigenvalue weighted by Gasteiger charge is 2.07. The molecule has 0 spiro atoms. The van der Waals surface area contributed by atoms with Crippen molar-refractivity contribution in [2.45, 2.75) is 25.9 Å². The number of benzene rings is 1. The average Bonchev–Trinajstić information content (AvgIpc) is 2.97. The van der Waals surface area contributed by atoms with Crippen molar-refractivity contribution < 1.29 is 13.9 Å². The maximum absolute atomic E-state index is 11.7. The first-order chi connectivity index (χ1) is 9.74. The fourth-order valence-corrected chi connectivity index (χ4v) is 1.81. The second kappa shape index (κ2) is 7.38. The zero-order valence-corrected chi connectivity index (χ0v) is 11.5. The molecule has 1 aromatic heterocycles. The number of carbonyl (C=O) groups excluding carboxylic acids is 1. The van der Waals surface area contributed by atoms with Crippen molar-refractivity contribution in [3.8, 4) is 5.75 Å². The third kappa shape index (κ3) is 4.80. The highest BCUT2D eigenvalue weighted by molar-refractivity contribution is 5.76. The van der Waals surface area contributed by atoms with Gasteiger partial charge in [0, 0.05) is 12.8 Å². The van der Waals surface area contributed by atoms with E-state index >= 15 is 0 Å². The van der Waals surface area contributed by atoms with Crippen LogP contribution in [0.1, 0.15) is 19.1 Å². The van der Waals surface area contributed by atoms with Gasteiger partial charge in [0.2, 0.25) is 5.91 Å². The molecule has 2 rings (SSSR count). The number of amides is 1. The average molecular weight is 273 g/mol. The van der Waals surface area contributed by atoms with Gasteiger partial charge < -0.3 is 14.5 Å². The van der Waals surface area contributed by atoms with Crippen LogP contribution < -0.4 is 10.1 Å². The van der Waals surface area contributed by atoms with E-state index < -0.39 is 0 Å². The van der Waals surface area contributed by atoms with Gasteiger partial charge in [0.15, 0.2) is 0 Å². The van der Waals surface area contributed by atoms with E-state index in [2.05, 4.69) is 5.32 Å². The zero-order chi connectivity index (χ0) is 14.2. The van der Waals surface area contributed by atoms with Crippen molar-refractivity contribution in [1.82, 2.24) is 5.32 Å². The molecule has 20 heavy (non-hydrogen) atoms. The third-order valence-corrected chi connectivity index (χ3v) is 2.85. The van der Waals surface area contributed by atoms with Crippen LogP contribution in [0, 0.1) is 0 Å². The Morgan fingerprint density at radius 1 is 1.25 bits per heavy atom. The number of para-hydroxylation sites is 1. The van der Waals surface area contributed by atoms with Gasteiger partial charge in [0.05, 0.1) is 12.8 Å². The molecular weight excluding hydrogens is 254 g/mol. The van der Waals surface area contributed by atoms with Gasteiger partial charge in [0.1, 0.15) is 17.6 Å². The van der Waals surface area contributed by atoms with E-state index in [-0.39, 0.29) is 12.0 Å². The van der Waals surface area contributed by atoms with E-state index in [0.717, 1.165) is 11.5 Å². The summed E-state index contributed by atoms with van der Waals surface area (Å²) >= 11 is 0. The summed E-state index contributed by atoms with van der Waals surface area (Å²) in [5, 5.41) is 2.86. The molecule has 0 aliphatic heterocycles. The molecule has 0 radical (unpaired) electrons. The summed E-state index contributed by atoms with van der Waals surface area (Å²) in [7, 11) is 0. The number of hydrogen-bond acceptors (Lipinski definition) is 3. The summed E-state index contributed by atoms with van der Waals surface area (Å²) in [5.41, 5.74) is 0. The van der Waals surface area contributed by atoms with Gasteiger partial charge in [0.25, 0.3) is 0 Å². The van der Waals surface area contributed by atoms with Crippen molar-refractivity contribution in [2.75, 3.05) is 6.54 Å². The van der Waals surface area contributed by atoms with Crippen LogP contribution in [-0.4, -0.2) is 18.6 Å². The Hall–Kier alpha value is -2.23. The minimum Gasteiger partial charge on any atom is -0.489 e. The Kier molecular flexibility index (Phi) is 5.24. The summed E-state index contributed by atoms with van der Waals surface area (Å²) < 4.78 is 10.9. The van der Waals surface area contributed by atoms with Crippen LogP contribution >= 0.6 is 0 Å². The number of ether oxygens (including phenoxy) is 1. The number of hydrogen-bond donors (Lipinski definition) is 1. The Bertz CT molecular complexity index is 508. The lowest BCUT2D eigenvalue weighted by Crippen LogP contribution is -2.33. The first-order valence-corrected chi connectivity index (χ1v) is 6.75. The predicted molar refractivity (Wildman–Crippen MR) is 76.6 cm³/mol. The summed E-state index contributed by atoms with van der Waals surface area (Å²) in [6.45, 7) is 2.42. The topological polar surface area (TPSA) is 51.5 Å². The van der Waals surface area contributed by atoms with Gasteiger partial charge in [-0.15, -0.1) is 0 Å². The van der Waals surface area contributed by atoms with Crippen molar-refractivity contribution >= 4 is 5.91 Å². The van der Waals surface area contributed by atoms with Gasteiger partial charge in [-0.05, 0) is 31.2 Å². The largest absolute Gasteiger partial charge is 0.489 e. The molecule has 0 fully saturated rings. The van der Waals surface area contributed by atoms with E-state index in [9.17, 15) is 4.79 Å². The molecule has 0 saturated heterocycles. The molecule has 106 valence electrons. The molecule has 1 aromatic carbocycles. The SMILES string of the molecule is C[C@H](CNC(=O)CCc1ccco1)Oc1ccccc1. The molecule has 1 heterocycles. The highest BCUT2D eigenvalue weighted by atomic mass is 16.5. The molecule has 0 bridgehead atoms. The van der Waals surface area contributed by atoms with Crippen molar-refractivity contribution in [3.05, 3.63) is 54.5 Å². The number of carbonyl (C=O) groups is 1. The lowest BCUT2D eigenvalue weighted by Gasteiger charge is -2.15. The van der Waals surface area contributed by atoms with Crippen LogP contribution in [0.4, 0.5) is 0 Å². The Morgan fingerprint density at radius 3 is 2.75 bits per heavy atom. The molecule has 0 aliphatic carbocycles. The van der Waals surface area contributed by atoms with Gasteiger partial charge >= 0.3 is 0 Å². The van der Waals surface area contributed by atoms with E-state index in [1.807, 2.05) is 49.4 Å². The van der Waals surface area contributed by atoms with Gasteiger partial charge in [-0.1, -0.05) is 18.2 Å². The number of aryl methyl sites for hydroxylation is 1. The molecule has 0 aliphatic rings. The van der Waals surface area contributed by atoms with Crippen molar-refractivity contribution in [3.63, 3.8) is 0 Å². The first-order valence-electron chi connectivity index (χ1n) is 6.75. The molecule has 4 heteroatoms. The van der Waals surface area contributed by atoms with Crippen LogP contribution in [0.5, 0.6) is 5.75 Å². The minimum atomic E-state index is -0.0648. The first kappa shape index (κ1) is 14.2. The predicted octanol–water partition coefficient (Wildman–Crippen LogP) is 2.80. The standard InChI is InChI=1S/C16H19NO3/c1-13(20-15-6-3-2-4-7-15)12-17-16(18)10-9-14-8-5-11-19-14/h2-8,11,13H,9-10,12H2,1H3,(H,17,18)/t13-/m1/s1. The van der Waals surface area contributed by atoms with E-state index in [1.54, 1.807) is 6.26 Å². The lowest BCUT2D eigenvalue weighted by atomic mass is 10.2. The fraction of sp³-hybridized carbons (Fsp3) is 0.312. The molecule has 0 unspecified atom stereocenters. The molecule has 1 N–H and O–H groups in total. The Balaban J connectivity index is 1.65. The smallest absolute Gasteiger partial charge is 0.220 e. The molecule has 1 amide bonds. The van der Waals surface area contributed by atoms with Crippen LogP contribution in [0.25, 0.3) is 0 Å². The fourth-order valence-electron chi connectivity index (χ4n) is 1.81. The van der Waals surface area contributed by atoms with Gasteiger partial charge in [-0.25, -0.2) is 0 Å². The van der Waals surface area contributed by atoms with Gasteiger partial charge in [-0.2, -0.15) is 0 Å². The second-order valence-electron chi connectivity index (χ2n) is 4.62. The summed E-state index contributed by atoms with van der Waals surface area (Å²) in [5.74, 6) is 1.64. The Labute approximate surface area is 118 Å². The van der Waals surface area contributed by atoms with Crippen LogP contribution in [0.3, 0.4) is 0 Å². The van der Waals surface area contributed by atoms with Crippen LogP contribution in [0.15, 0.2) is 53.1 Å². The number of nitrogens with one attached hydrogen (secondary N) is 1. The Morgan fingerprint density at radius 2 is 2.05 bits per heavy atom. The van der Waals surface area contributed by atoms with Crippen molar-refractivity contribution in [1.29, 1.82) is 0 Å². The number of furan rings is 1. The zero-order valence-electron chi connectivity index (χ0n) is 11.5. The van der Waals surface area contributed by atoms with E-state index in [4.69, 9.17) is 9.15 Å². The molecule has 2 aromatic rings. The van der Waals surface area contributed by atoms with E-state index in [0.29, 0.717) is 19.4 Å². The second-order valence-corrected chi connectivity index (χ2v) is 4.62. The van der Waals surface area contributed by atoms with Crippen LogP contribution in [-0.2, 0) is 11.2 Å². The van der Waals surface area contributed by atoms with Crippen LogP contribution in [0.2, 0.25) is 0 Å². The normalized spacial score (nSPS) is 11.8. The highest BCUT2D eigenvalue weighted by Crippen LogP contribution is 2.10. The molecule has 1 atom stereocenters. The number of rotatable bonds is 7. The summed E-state index contributed by atoms with van der Waals surface area (Å²) in [6.07, 6.45) is 2.59. The minimum absolute atomic E-state index is 0.00455. The lowest BCUT2D eigenvalue weighted by molar-refractivity contribution is -0.121. The van der Waals surface area contributed by atoms with Gasteiger partial charge in [-0.3, -0.25) is 4.79 Å². The maximum Gasteiger partial charge on any atom is 0.220 e. The summed E-state index contributed by atoms with van der Waals surface area (Å²) in [4.78, 5) is 11.7. The summed E-state index contributed by atoms with van der Waals surface area (Å²) in [6, 6.07) is 13.3. The van der Waals surface area contributed by atoms with E-state index in [1.165, 1.54) is 0 Å². The molecular formula is C16H19NO3. The molecule has 0 saturated carbocycles. The quantitative estimate of drug-likeness (QED) is 0.844. The maximum atomic E-state index is 11.7.